The largest absolute Gasteiger partial charge is 0.484 e. The lowest BCUT2D eigenvalue weighted by Crippen LogP contribution is -2.20. The van der Waals surface area contributed by atoms with E-state index >= 15 is 0 Å². The zero-order chi connectivity index (χ0) is 19.4. The maximum absolute atomic E-state index is 12.3. The molecule has 5 heteroatoms. The summed E-state index contributed by atoms with van der Waals surface area (Å²) in [6, 6.07) is 10.2. The molecule has 1 aromatic heterocycles. The molecule has 1 aromatic carbocycles. The van der Waals surface area contributed by atoms with Gasteiger partial charge in [-0.05, 0) is 60.8 Å². The van der Waals surface area contributed by atoms with Crippen LogP contribution in [-0.4, -0.2) is 12.5 Å². The minimum atomic E-state index is -0.232. The first-order valence-electron chi connectivity index (χ1n) is 9.59. The van der Waals surface area contributed by atoms with Gasteiger partial charge in [-0.1, -0.05) is 32.9 Å². The van der Waals surface area contributed by atoms with E-state index < -0.39 is 0 Å². The van der Waals surface area contributed by atoms with E-state index in [0.29, 0.717) is 28.1 Å². The predicted molar refractivity (Wildman–Crippen MR) is 109 cm³/mol. The molecule has 0 aliphatic heterocycles. The van der Waals surface area contributed by atoms with E-state index in [1.54, 1.807) is 0 Å². The fourth-order valence-corrected chi connectivity index (χ4v) is 4.77. The van der Waals surface area contributed by atoms with E-state index in [1.165, 1.54) is 21.8 Å². The summed E-state index contributed by atoms with van der Waals surface area (Å²) in [6.45, 7) is 6.52. The summed E-state index contributed by atoms with van der Waals surface area (Å²) in [6.07, 6.45) is 4.10. The summed E-state index contributed by atoms with van der Waals surface area (Å²) in [4.78, 5) is 13.6. The highest BCUT2D eigenvalue weighted by atomic mass is 32.1. The average molecular weight is 383 g/mol. The molecule has 2 aromatic rings. The molecule has 0 saturated heterocycles. The molecule has 0 bridgehead atoms. The number of thiophene rings is 1. The molecule has 1 aliphatic carbocycles. The number of amides is 1. The Labute approximate surface area is 165 Å². The van der Waals surface area contributed by atoms with Crippen LogP contribution in [-0.2, 0) is 17.6 Å². The molecule has 3 rings (SSSR count). The third kappa shape index (κ3) is 4.51. The Balaban J connectivity index is 1.61. The van der Waals surface area contributed by atoms with Gasteiger partial charge in [0.05, 0.1) is 5.56 Å². The van der Waals surface area contributed by atoms with Gasteiger partial charge in [0.15, 0.2) is 6.61 Å². The fraction of sp³-hybridized carbons (Fsp3) is 0.455. The number of ether oxygens (including phenoxy) is 1. The van der Waals surface area contributed by atoms with Crippen LogP contribution in [0.2, 0.25) is 0 Å². The van der Waals surface area contributed by atoms with Gasteiger partial charge in [0.1, 0.15) is 16.8 Å². The number of nitrogens with zero attached hydrogens (tertiary/aromatic N) is 1. The van der Waals surface area contributed by atoms with Crippen LogP contribution in [0.25, 0.3) is 0 Å². The second kappa shape index (κ2) is 8.58. The van der Waals surface area contributed by atoms with Crippen LogP contribution >= 0.6 is 11.3 Å². The molecule has 0 unspecified atom stereocenters. The first kappa shape index (κ1) is 19.4. The van der Waals surface area contributed by atoms with Crippen LogP contribution < -0.4 is 10.1 Å². The van der Waals surface area contributed by atoms with Crippen LogP contribution in [0.1, 0.15) is 61.1 Å². The summed E-state index contributed by atoms with van der Waals surface area (Å²) in [5.41, 5.74) is 3.02. The molecule has 0 fully saturated rings. The van der Waals surface area contributed by atoms with Crippen LogP contribution in [0.5, 0.6) is 5.75 Å². The maximum Gasteiger partial charge on any atom is 0.262 e. The number of hydrogen-bond donors (Lipinski definition) is 1. The molecule has 1 aliphatic rings. The summed E-state index contributed by atoms with van der Waals surface area (Å²) in [7, 11) is 0. The maximum atomic E-state index is 12.3. The molecule has 1 heterocycles. The number of carbonyl (C=O) groups excluding carboxylic acids is 1. The Morgan fingerprint density at radius 3 is 2.81 bits per heavy atom. The van der Waals surface area contributed by atoms with Crippen molar-refractivity contribution < 1.29 is 9.53 Å². The van der Waals surface area contributed by atoms with Crippen LogP contribution in [0, 0.1) is 17.2 Å². The SMILES string of the molecule is CC[C@@H](C)c1ccc(OCC(=O)Nc2sc3c(c2C#N)CC[C@H](C)C3)cc1. The highest BCUT2D eigenvalue weighted by Gasteiger charge is 2.24. The number of hydrogen-bond acceptors (Lipinski definition) is 4. The third-order valence-corrected chi connectivity index (χ3v) is 6.48. The van der Waals surface area contributed by atoms with Gasteiger partial charge in [-0.25, -0.2) is 0 Å². The Hall–Kier alpha value is -2.32. The highest BCUT2D eigenvalue weighted by Crippen LogP contribution is 2.39. The molecule has 27 heavy (non-hydrogen) atoms. The molecular formula is C22H26N2O2S. The smallest absolute Gasteiger partial charge is 0.262 e. The first-order chi connectivity index (χ1) is 13.0. The number of fused-ring (bicyclic) bond motifs is 1. The van der Waals surface area contributed by atoms with Crippen molar-refractivity contribution in [3.8, 4) is 11.8 Å². The van der Waals surface area contributed by atoms with Gasteiger partial charge >= 0.3 is 0 Å². The predicted octanol–water partition coefficient (Wildman–Crippen LogP) is 5.28. The van der Waals surface area contributed by atoms with E-state index in [4.69, 9.17) is 4.74 Å². The number of nitriles is 1. The second-order valence-electron chi connectivity index (χ2n) is 7.38. The zero-order valence-electron chi connectivity index (χ0n) is 16.2. The van der Waals surface area contributed by atoms with Crippen LogP contribution in [0.4, 0.5) is 5.00 Å². The Morgan fingerprint density at radius 1 is 1.41 bits per heavy atom. The molecule has 4 nitrogen and oxygen atoms in total. The molecule has 1 amide bonds. The van der Waals surface area contributed by atoms with Crippen molar-refractivity contribution in [2.24, 2.45) is 5.92 Å². The summed E-state index contributed by atoms with van der Waals surface area (Å²) in [5, 5.41) is 13.1. The number of anilines is 1. The minimum absolute atomic E-state index is 0.0630. The summed E-state index contributed by atoms with van der Waals surface area (Å²) < 4.78 is 5.61. The standard InChI is InChI=1S/C22H26N2O2S/c1-4-15(3)16-6-8-17(9-7-16)26-13-21(25)24-22-19(12-23)18-10-5-14(2)11-20(18)27-22/h6-9,14-15H,4-5,10-11,13H2,1-3H3,(H,24,25)/t14-,15+/m0/s1. The zero-order valence-corrected chi connectivity index (χ0v) is 17.0. The van der Waals surface area contributed by atoms with E-state index in [2.05, 4.69) is 32.2 Å². The highest BCUT2D eigenvalue weighted by molar-refractivity contribution is 7.16. The quantitative estimate of drug-likeness (QED) is 0.740. The van der Waals surface area contributed by atoms with Gasteiger partial charge in [-0.15, -0.1) is 11.3 Å². The summed E-state index contributed by atoms with van der Waals surface area (Å²) >= 11 is 1.54. The van der Waals surface area contributed by atoms with Crippen molar-refractivity contribution in [2.45, 2.75) is 52.4 Å². The first-order valence-corrected chi connectivity index (χ1v) is 10.4. The number of rotatable bonds is 6. The van der Waals surface area contributed by atoms with Crippen molar-refractivity contribution in [1.29, 1.82) is 5.26 Å². The number of carbonyl (C=O) groups is 1. The van der Waals surface area contributed by atoms with Gasteiger partial charge < -0.3 is 10.1 Å². The van der Waals surface area contributed by atoms with Crippen molar-refractivity contribution in [2.75, 3.05) is 11.9 Å². The van der Waals surface area contributed by atoms with Crippen molar-refractivity contribution in [3.05, 3.63) is 45.8 Å². The topological polar surface area (TPSA) is 62.1 Å². The molecule has 1 N–H and O–H groups in total. The second-order valence-corrected chi connectivity index (χ2v) is 8.49. The van der Waals surface area contributed by atoms with E-state index in [9.17, 15) is 10.1 Å². The van der Waals surface area contributed by atoms with Gasteiger partial charge in [0.25, 0.3) is 5.91 Å². The Kier molecular flexibility index (Phi) is 6.18. The normalized spacial score (nSPS) is 16.9. The molecule has 0 radical (unpaired) electrons. The van der Waals surface area contributed by atoms with E-state index in [0.717, 1.165) is 31.2 Å². The van der Waals surface area contributed by atoms with E-state index in [1.807, 2.05) is 24.3 Å². The molecular weight excluding hydrogens is 356 g/mol. The van der Waals surface area contributed by atoms with Crippen molar-refractivity contribution >= 4 is 22.2 Å². The monoisotopic (exact) mass is 382 g/mol. The lowest BCUT2D eigenvalue weighted by atomic mass is 9.89. The van der Waals surface area contributed by atoms with Gasteiger partial charge in [-0.2, -0.15) is 5.26 Å². The minimum Gasteiger partial charge on any atom is -0.484 e. The molecule has 2 atom stereocenters. The lowest BCUT2D eigenvalue weighted by molar-refractivity contribution is -0.118. The van der Waals surface area contributed by atoms with E-state index in [-0.39, 0.29) is 12.5 Å². The number of nitrogens with one attached hydrogen (secondary N) is 1. The van der Waals surface area contributed by atoms with Gasteiger partial charge in [-0.3, -0.25) is 4.79 Å². The average Bonchev–Trinajstić information content (AvgIpc) is 3.01. The van der Waals surface area contributed by atoms with Gasteiger partial charge in [0.2, 0.25) is 0 Å². The molecule has 0 spiro atoms. The summed E-state index contributed by atoms with van der Waals surface area (Å²) in [5.74, 6) is 1.59. The molecule has 0 saturated carbocycles. The fourth-order valence-electron chi connectivity index (χ4n) is 3.40. The lowest BCUT2D eigenvalue weighted by Gasteiger charge is -2.17. The molecule has 142 valence electrons. The number of benzene rings is 1. The van der Waals surface area contributed by atoms with Gasteiger partial charge in [0, 0.05) is 4.88 Å². The van der Waals surface area contributed by atoms with Crippen LogP contribution in [0.3, 0.4) is 0 Å². The van der Waals surface area contributed by atoms with Crippen LogP contribution in [0.15, 0.2) is 24.3 Å². The van der Waals surface area contributed by atoms with Crippen molar-refractivity contribution in [3.63, 3.8) is 0 Å². The third-order valence-electron chi connectivity index (χ3n) is 5.31. The van der Waals surface area contributed by atoms with Crippen molar-refractivity contribution in [1.82, 2.24) is 0 Å². The Morgan fingerprint density at radius 2 is 2.15 bits per heavy atom. The Bertz CT molecular complexity index is 848.